The van der Waals surface area contributed by atoms with Gasteiger partial charge in [0.15, 0.2) is 0 Å². The molecule has 0 aromatic carbocycles. The molecule has 82 valence electrons. The van der Waals surface area contributed by atoms with Crippen LogP contribution in [-0.4, -0.2) is 23.6 Å². The zero-order valence-corrected chi connectivity index (χ0v) is 8.86. The number of nitrogens with two attached hydrogens (primary N) is 1. The van der Waals surface area contributed by atoms with Crippen LogP contribution in [0.2, 0.25) is 0 Å². The van der Waals surface area contributed by atoms with Crippen LogP contribution in [-0.2, 0) is 9.53 Å². The molecule has 15 heavy (non-hydrogen) atoms. The number of rotatable bonds is 4. The van der Waals surface area contributed by atoms with Crippen molar-refractivity contribution in [1.82, 2.24) is 4.98 Å². The number of nitrogens with one attached hydrogen (secondary N) is 1. The summed E-state index contributed by atoms with van der Waals surface area (Å²) >= 11 is 0. The molecule has 1 atom stereocenters. The van der Waals surface area contributed by atoms with Gasteiger partial charge in [-0.2, -0.15) is 0 Å². The second-order valence-corrected chi connectivity index (χ2v) is 3.05. The monoisotopic (exact) mass is 209 g/mol. The van der Waals surface area contributed by atoms with E-state index in [-0.39, 0.29) is 5.97 Å². The molecule has 0 fully saturated rings. The van der Waals surface area contributed by atoms with Crippen molar-refractivity contribution >= 4 is 17.5 Å². The second kappa shape index (κ2) is 5.19. The zero-order chi connectivity index (χ0) is 11.3. The molecule has 1 aromatic rings. The van der Waals surface area contributed by atoms with Crippen LogP contribution in [0.25, 0.3) is 0 Å². The minimum atomic E-state index is -0.434. The molecule has 5 nitrogen and oxygen atoms in total. The Morgan fingerprint density at radius 2 is 2.47 bits per heavy atom. The maximum Gasteiger partial charge on any atom is 0.328 e. The lowest BCUT2D eigenvalue weighted by molar-refractivity contribution is -0.143. The Morgan fingerprint density at radius 3 is 3.07 bits per heavy atom. The van der Waals surface area contributed by atoms with Crippen molar-refractivity contribution in [2.45, 2.75) is 19.9 Å². The number of hydrogen-bond acceptors (Lipinski definition) is 5. The molecular weight excluding hydrogens is 194 g/mol. The lowest BCUT2D eigenvalue weighted by Crippen LogP contribution is -2.28. The molecule has 0 aliphatic rings. The van der Waals surface area contributed by atoms with Crippen molar-refractivity contribution in [3.63, 3.8) is 0 Å². The zero-order valence-electron chi connectivity index (χ0n) is 8.86. The van der Waals surface area contributed by atoms with Gasteiger partial charge < -0.3 is 15.8 Å². The minimum Gasteiger partial charge on any atom is -0.464 e. The number of aromatic nitrogens is 1. The molecule has 1 unspecified atom stereocenters. The van der Waals surface area contributed by atoms with Gasteiger partial charge in [-0.25, -0.2) is 9.78 Å². The third-order valence-corrected chi connectivity index (χ3v) is 1.85. The fourth-order valence-electron chi connectivity index (χ4n) is 1.10. The molecule has 0 amide bonds. The Hall–Kier alpha value is -1.78. The number of carbonyl (C=O) groups excluding carboxylic acids is 1. The van der Waals surface area contributed by atoms with E-state index in [2.05, 4.69) is 10.3 Å². The van der Waals surface area contributed by atoms with E-state index in [0.717, 1.165) is 0 Å². The summed E-state index contributed by atoms with van der Waals surface area (Å²) in [6.45, 7) is 3.85. The molecule has 1 rings (SSSR count). The number of nitrogen functional groups attached to an aromatic ring is 1. The highest BCUT2D eigenvalue weighted by molar-refractivity contribution is 5.80. The van der Waals surface area contributed by atoms with E-state index in [9.17, 15) is 4.79 Å². The van der Waals surface area contributed by atoms with E-state index in [4.69, 9.17) is 10.5 Å². The fraction of sp³-hybridized carbons (Fsp3) is 0.400. The van der Waals surface area contributed by atoms with Crippen molar-refractivity contribution < 1.29 is 9.53 Å². The summed E-state index contributed by atoms with van der Waals surface area (Å²) < 4.78 is 4.85. The first-order chi connectivity index (χ1) is 7.15. The summed E-state index contributed by atoms with van der Waals surface area (Å²) in [6, 6.07) is 3.07. The Kier molecular flexibility index (Phi) is 3.91. The van der Waals surface area contributed by atoms with Crippen LogP contribution in [0.15, 0.2) is 18.3 Å². The number of pyridine rings is 1. The smallest absolute Gasteiger partial charge is 0.328 e. The van der Waals surface area contributed by atoms with Crippen LogP contribution >= 0.6 is 0 Å². The van der Waals surface area contributed by atoms with Crippen molar-refractivity contribution in [3.05, 3.63) is 18.3 Å². The molecule has 1 heterocycles. The predicted molar refractivity (Wildman–Crippen MR) is 58.4 cm³/mol. The van der Waals surface area contributed by atoms with Crippen LogP contribution in [0, 0.1) is 0 Å². The van der Waals surface area contributed by atoms with Gasteiger partial charge in [-0.15, -0.1) is 0 Å². The van der Waals surface area contributed by atoms with E-state index in [1.807, 2.05) is 0 Å². The standard InChI is InChI=1S/C10H15N3O2/c1-3-15-10(14)7(2)13-8-5-4-6-12-9(8)11/h4-7,13H,3H2,1-2H3,(H2,11,12). The molecule has 1 aromatic heterocycles. The summed E-state index contributed by atoms with van der Waals surface area (Å²) in [6.07, 6.45) is 1.59. The number of carbonyl (C=O) groups is 1. The average Bonchev–Trinajstić information content (AvgIpc) is 2.21. The van der Waals surface area contributed by atoms with E-state index in [0.29, 0.717) is 18.1 Å². The molecule has 0 saturated carbocycles. The molecule has 0 spiro atoms. The molecule has 3 N–H and O–H groups in total. The molecule has 5 heteroatoms. The third kappa shape index (κ3) is 3.12. The van der Waals surface area contributed by atoms with Gasteiger partial charge in [-0.05, 0) is 26.0 Å². The molecular formula is C10H15N3O2. The van der Waals surface area contributed by atoms with Gasteiger partial charge in [-0.3, -0.25) is 0 Å². The Morgan fingerprint density at radius 1 is 1.73 bits per heavy atom. The number of nitrogens with zero attached hydrogens (tertiary/aromatic N) is 1. The first-order valence-electron chi connectivity index (χ1n) is 4.78. The van der Waals surface area contributed by atoms with E-state index >= 15 is 0 Å². The van der Waals surface area contributed by atoms with Gasteiger partial charge in [0, 0.05) is 6.20 Å². The molecule has 0 aliphatic carbocycles. The number of esters is 1. The van der Waals surface area contributed by atoms with Crippen molar-refractivity contribution in [3.8, 4) is 0 Å². The third-order valence-electron chi connectivity index (χ3n) is 1.85. The van der Waals surface area contributed by atoms with E-state index < -0.39 is 6.04 Å². The van der Waals surface area contributed by atoms with Gasteiger partial charge in [-0.1, -0.05) is 0 Å². The largest absolute Gasteiger partial charge is 0.464 e. The van der Waals surface area contributed by atoms with E-state index in [1.54, 1.807) is 32.2 Å². The first kappa shape index (κ1) is 11.3. The summed E-state index contributed by atoms with van der Waals surface area (Å²) in [7, 11) is 0. The van der Waals surface area contributed by atoms with Crippen molar-refractivity contribution in [1.29, 1.82) is 0 Å². The summed E-state index contributed by atoms with van der Waals surface area (Å²) in [5.41, 5.74) is 6.25. The Balaban J connectivity index is 2.62. The quantitative estimate of drug-likeness (QED) is 0.724. The summed E-state index contributed by atoms with van der Waals surface area (Å²) in [4.78, 5) is 15.2. The summed E-state index contributed by atoms with van der Waals surface area (Å²) in [5.74, 6) is 0.0643. The van der Waals surface area contributed by atoms with E-state index in [1.165, 1.54) is 0 Å². The highest BCUT2D eigenvalue weighted by Crippen LogP contribution is 2.14. The highest BCUT2D eigenvalue weighted by atomic mass is 16.5. The Bertz CT molecular complexity index is 341. The SMILES string of the molecule is CCOC(=O)C(C)Nc1cccnc1N. The topological polar surface area (TPSA) is 77.2 Å². The number of hydrogen-bond donors (Lipinski definition) is 2. The van der Waals surface area contributed by atoms with Gasteiger partial charge in [0.25, 0.3) is 0 Å². The lowest BCUT2D eigenvalue weighted by Gasteiger charge is -2.14. The second-order valence-electron chi connectivity index (χ2n) is 3.05. The normalized spacial score (nSPS) is 11.9. The minimum absolute atomic E-state index is 0.305. The van der Waals surface area contributed by atoms with Crippen molar-refractivity contribution in [2.24, 2.45) is 0 Å². The van der Waals surface area contributed by atoms with Crippen molar-refractivity contribution in [2.75, 3.05) is 17.7 Å². The molecule has 0 saturated heterocycles. The van der Waals surface area contributed by atoms with Gasteiger partial charge in [0.05, 0.1) is 12.3 Å². The maximum absolute atomic E-state index is 11.3. The molecule has 0 bridgehead atoms. The predicted octanol–water partition coefficient (Wildman–Crippen LogP) is 1.03. The fourth-order valence-corrected chi connectivity index (χ4v) is 1.10. The van der Waals surface area contributed by atoms with Gasteiger partial charge >= 0.3 is 5.97 Å². The number of anilines is 2. The molecule has 0 radical (unpaired) electrons. The molecule has 0 aliphatic heterocycles. The Labute approximate surface area is 88.6 Å². The highest BCUT2D eigenvalue weighted by Gasteiger charge is 2.14. The van der Waals surface area contributed by atoms with Gasteiger partial charge in [0.2, 0.25) is 0 Å². The lowest BCUT2D eigenvalue weighted by atomic mass is 10.3. The first-order valence-corrected chi connectivity index (χ1v) is 4.78. The van der Waals surface area contributed by atoms with Crippen LogP contribution in [0.1, 0.15) is 13.8 Å². The van der Waals surface area contributed by atoms with Crippen LogP contribution in [0.5, 0.6) is 0 Å². The van der Waals surface area contributed by atoms with Crippen LogP contribution in [0.3, 0.4) is 0 Å². The van der Waals surface area contributed by atoms with Crippen LogP contribution < -0.4 is 11.1 Å². The van der Waals surface area contributed by atoms with Gasteiger partial charge in [0.1, 0.15) is 11.9 Å². The maximum atomic E-state index is 11.3. The summed E-state index contributed by atoms with van der Waals surface area (Å²) in [5, 5.41) is 2.93. The average molecular weight is 209 g/mol. The number of ether oxygens (including phenoxy) is 1. The van der Waals surface area contributed by atoms with Crippen LogP contribution in [0.4, 0.5) is 11.5 Å².